The number of hydrogen-bond donors (Lipinski definition) is 0. The Kier molecular flexibility index (Phi) is 4.98. The number of amides is 2. The molecule has 2 atom stereocenters. The lowest BCUT2D eigenvalue weighted by molar-refractivity contribution is -0.142. The number of rotatable bonds is 2. The molecule has 3 aliphatic rings. The van der Waals surface area contributed by atoms with E-state index in [-0.39, 0.29) is 40.5 Å². The van der Waals surface area contributed by atoms with Crippen LogP contribution in [0.5, 0.6) is 0 Å². The van der Waals surface area contributed by atoms with Gasteiger partial charge < -0.3 is 14.5 Å². The standard InChI is InChI=1S/C23H21ClF2N2O3/c24-17-6-5-14(25)13-16(17)21(29)27-11-9-23(10-12-27)22(30)28-19(7-8-20(28)31-23)15-3-1-2-4-18(15)26/h1-6,13,19-20H,7-12H2/t19-,20+/m0/s1. The van der Waals surface area contributed by atoms with E-state index >= 15 is 0 Å². The van der Waals surface area contributed by atoms with Crippen LogP contribution in [0.1, 0.15) is 47.6 Å². The molecule has 0 unspecified atom stereocenters. The fourth-order valence-corrected chi connectivity index (χ4v) is 5.20. The molecular formula is C23H21ClF2N2O3. The van der Waals surface area contributed by atoms with Gasteiger partial charge in [-0.15, -0.1) is 0 Å². The first-order valence-electron chi connectivity index (χ1n) is 10.4. The number of halogens is 3. The molecule has 0 N–H and O–H groups in total. The van der Waals surface area contributed by atoms with Gasteiger partial charge in [-0.2, -0.15) is 0 Å². The van der Waals surface area contributed by atoms with Crippen LogP contribution in [0.2, 0.25) is 5.02 Å². The van der Waals surface area contributed by atoms with E-state index in [4.69, 9.17) is 16.3 Å². The largest absolute Gasteiger partial charge is 0.342 e. The first kappa shape index (κ1) is 20.4. The van der Waals surface area contributed by atoms with Gasteiger partial charge in [0.15, 0.2) is 5.60 Å². The molecular weight excluding hydrogens is 426 g/mol. The van der Waals surface area contributed by atoms with E-state index in [9.17, 15) is 18.4 Å². The zero-order valence-electron chi connectivity index (χ0n) is 16.7. The molecule has 0 aliphatic carbocycles. The molecule has 3 saturated heterocycles. The third kappa shape index (κ3) is 3.31. The van der Waals surface area contributed by atoms with Gasteiger partial charge in [0, 0.05) is 31.5 Å². The lowest BCUT2D eigenvalue weighted by atomic mass is 9.89. The molecule has 0 radical (unpaired) electrons. The summed E-state index contributed by atoms with van der Waals surface area (Å²) in [5.41, 5.74) is -0.388. The van der Waals surface area contributed by atoms with Crippen LogP contribution in [-0.4, -0.2) is 46.5 Å². The molecule has 0 saturated carbocycles. The van der Waals surface area contributed by atoms with E-state index in [2.05, 4.69) is 0 Å². The van der Waals surface area contributed by atoms with Crippen molar-refractivity contribution >= 4 is 23.4 Å². The van der Waals surface area contributed by atoms with Crippen molar-refractivity contribution in [1.82, 2.24) is 9.80 Å². The average Bonchev–Trinajstić information content (AvgIpc) is 3.28. The second-order valence-electron chi connectivity index (χ2n) is 8.31. The summed E-state index contributed by atoms with van der Waals surface area (Å²) < 4.78 is 34.2. The summed E-state index contributed by atoms with van der Waals surface area (Å²) >= 11 is 6.08. The van der Waals surface area contributed by atoms with Crippen LogP contribution in [-0.2, 0) is 9.53 Å². The maximum absolute atomic E-state index is 14.4. The van der Waals surface area contributed by atoms with Crippen LogP contribution in [0.3, 0.4) is 0 Å². The molecule has 0 aromatic heterocycles. The molecule has 2 aromatic carbocycles. The molecule has 31 heavy (non-hydrogen) atoms. The van der Waals surface area contributed by atoms with Gasteiger partial charge in [0.1, 0.15) is 17.9 Å². The monoisotopic (exact) mass is 446 g/mol. The Morgan fingerprint density at radius 3 is 2.58 bits per heavy atom. The second-order valence-corrected chi connectivity index (χ2v) is 8.72. The first-order valence-corrected chi connectivity index (χ1v) is 10.8. The lowest BCUT2D eigenvalue weighted by Crippen LogP contribution is -2.51. The second kappa shape index (κ2) is 7.57. The van der Waals surface area contributed by atoms with Crippen LogP contribution in [0.15, 0.2) is 42.5 Å². The van der Waals surface area contributed by atoms with Crippen molar-refractivity contribution < 1.29 is 23.1 Å². The SMILES string of the molecule is O=C(c1cc(F)ccc1Cl)N1CCC2(CC1)O[C@@H]1CC[C@@H](c3ccccc3F)N1C2=O. The summed E-state index contributed by atoms with van der Waals surface area (Å²) in [6.45, 7) is 0.588. The van der Waals surface area contributed by atoms with E-state index < -0.39 is 11.4 Å². The molecule has 2 amide bonds. The van der Waals surface area contributed by atoms with Gasteiger partial charge >= 0.3 is 0 Å². The van der Waals surface area contributed by atoms with Crippen molar-refractivity contribution in [3.8, 4) is 0 Å². The number of fused-ring (bicyclic) bond motifs is 1. The Morgan fingerprint density at radius 2 is 1.84 bits per heavy atom. The highest BCUT2D eigenvalue weighted by Crippen LogP contribution is 2.48. The van der Waals surface area contributed by atoms with Crippen molar-refractivity contribution in [2.45, 2.75) is 43.6 Å². The lowest BCUT2D eigenvalue weighted by Gasteiger charge is -2.37. The molecule has 3 aliphatic heterocycles. The summed E-state index contributed by atoms with van der Waals surface area (Å²) in [6, 6.07) is 9.86. The normalized spacial score (nSPS) is 24.7. The van der Waals surface area contributed by atoms with E-state index in [1.54, 1.807) is 28.0 Å². The van der Waals surface area contributed by atoms with Crippen LogP contribution >= 0.6 is 11.6 Å². The number of ether oxygens (including phenoxy) is 1. The third-order valence-electron chi connectivity index (χ3n) is 6.60. The van der Waals surface area contributed by atoms with Gasteiger partial charge in [0.2, 0.25) is 0 Å². The van der Waals surface area contributed by atoms with E-state index in [1.807, 2.05) is 0 Å². The fraction of sp³-hybridized carbons (Fsp3) is 0.391. The fourth-order valence-electron chi connectivity index (χ4n) is 5.00. The van der Waals surface area contributed by atoms with Crippen molar-refractivity contribution in [2.24, 2.45) is 0 Å². The van der Waals surface area contributed by atoms with Gasteiger partial charge in [0.25, 0.3) is 11.8 Å². The maximum Gasteiger partial charge on any atom is 0.257 e. The zero-order valence-corrected chi connectivity index (χ0v) is 17.4. The Balaban J connectivity index is 1.32. The van der Waals surface area contributed by atoms with Crippen molar-refractivity contribution in [3.05, 3.63) is 70.2 Å². The third-order valence-corrected chi connectivity index (χ3v) is 6.93. The topological polar surface area (TPSA) is 49.9 Å². The Hall–Kier alpha value is -2.51. The van der Waals surface area contributed by atoms with Gasteiger partial charge in [-0.05, 0) is 37.1 Å². The van der Waals surface area contributed by atoms with E-state index in [0.29, 0.717) is 44.3 Å². The Morgan fingerprint density at radius 1 is 1.10 bits per heavy atom. The minimum Gasteiger partial charge on any atom is -0.342 e. The quantitative estimate of drug-likeness (QED) is 0.690. The number of carbonyl (C=O) groups is 2. The number of likely N-dealkylation sites (tertiary alicyclic amines) is 1. The molecule has 0 bridgehead atoms. The molecule has 1 spiro atoms. The molecule has 8 heteroatoms. The minimum atomic E-state index is -1.00. The molecule has 5 nitrogen and oxygen atoms in total. The van der Waals surface area contributed by atoms with E-state index in [1.165, 1.54) is 18.2 Å². The molecule has 2 aromatic rings. The maximum atomic E-state index is 14.4. The number of carbonyl (C=O) groups excluding carboxylic acids is 2. The predicted molar refractivity (Wildman–Crippen MR) is 109 cm³/mol. The van der Waals surface area contributed by atoms with Crippen LogP contribution < -0.4 is 0 Å². The summed E-state index contributed by atoms with van der Waals surface area (Å²) in [4.78, 5) is 29.5. The van der Waals surface area contributed by atoms with Gasteiger partial charge in [-0.25, -0.2) is 8.78 Å². The summed E-state index contributed by atoms with van der Waals surface area (Å²) in [5.74, 6) is -1.36. The number of piperidine rings is 1. The van der Waals surface area contributed by atoms with Crippen LogP contribution in [0.4, 0.5) is 8.78 Å². The van der Waals surface area contributed by atoms with Gasteiger partial charge in [-0.1, -0.05) is 29.8 Å². The average molecular weight is 447 g/mol. The zero-order chi connectivity index (χ0) is 21.8. The van der Waals surface area contributed by atoms with Crippen molar-refractivity contribution in [3.63, 3.8) is 0 Å². The van der Waals surface area contributed by atoms with Gasteiger partial charge in [0.05, 0.1) is 16.6 Å². The predicted octanol–water partition coefficient (Wildman–Crippen LogP) is 4.31. The Labute approximate surface area is 183 Å². The van der Waals surface area contributed by atoms with Gasteiger partial charge in [-0.3, -0.25) is 9.59 Å². The highest BCUT2D eigenvalue weighted by molar-refractivity contribution is 6.33. The molecule has 5 rings (SSSR count). The van der Waals surface area contributed by atoms with E-state index in [0.717, 1.165) is 6.07 Å². The smallest absolute Gasteiger partial charge is 0.257 e. The van der Waals surface area contributed by atoms with Crippen molar-refractivity contribution in [1.29, 1.82) is 0 Å². The van der Waals surface area contributed by atoms with Crippen LogP contribution in [0, 0.1) is 11.6 Å². The molecule has 3 fully saturated rings. The highest BCUT2D eigenvalue weighted by Gasteiger charge is 2.58. The number of hydrogen-bond acceptors (Lipinski definition) is 3. The summed E-state index contributed by atoms with van der Waals surface area (Å²) in [6.07, 6.45) is 1.59. The Bertz CT molecular complexity index is 1050. The summed E-state index contributed by atoms with van der Waals surface area (Å²) in [5, 5.41) is 0.188. The molecule has 3 heterocycles. The number of benzene rings is 2. The summed E-state index contributed by atoms with van der Waals surface area (Å²) in [7, 11) is 0. The van der Waals surface area contributed by atoms with Crippen molar-refractivity contribution in [2.75, 3.05) is 13.1 Å². The molecule has 162 valence electrons. The highest BCUT2D eigenvalue weighted by atomic mass is 35.5. The minimum absolute atomic E-state index is 0.108. The van der Waals surface area contributed by atoms with Crippen LogP contribution in [0.25, 0.3) is 0 Å². The first-order chi connectivity index (χ1) is 14.9. The number of nitrogens with zero attached hydrogens (tertiary/aromatic N) is 2.